The van der Waals surface area contributed by atoms with Gasteiger partial charge in [-0.05, 0) is 18.6 Å². The zero-order chi connectivity index (χ0) is 16.4. The van der Waals surface area contributed by atoms with E-state index in [1.54, 1.807) is 22.7 Å². The molecule has 6 nitrogen and oxygen atoms in total. The number of thioether (sulfide) groups is 1. The maximum atomic E-state index is 12.6. The number of halogens is 2. The number of sulfonamides is 1. The van der Waals surface area contributed by atoms with Gasteiger partial charge in [-0.15, -0.1) is 35.5 Å². The Bertz CT molecular complexity index is 677. The minimum absolute atomic E-state index is 0. The van der Waals surface area contributed by atoms with Crippen LogP contribution < -0.4 is 5.32 Å². The summed E-state index contributed by atoms with van der Waals surface area (Å²) in [4.78, 5) is 14.2. The molecule has 0 spiro atoms. The van der Waals surface area contributed by atoms with Crippen molar-refractivity contribution in [1.29, 1.82) is 0 Å². The van der Waals surface area contributed by atoms with E-state index in [0.717, 1.165) is 23.0 Å². The van der Waals surface area contributed by atoms with Gasteiger partial charge in [-0.3, -0.25) is 10.1 Å². The van der Waals surface area contributed by atoms with E-state index < -0.39 is 10.0 Å². The van der Waals surface area contributed by atoms with Crippen LogP contribution in [0.2, 0.25) is 4.34 Å². The number of carbonyl (C=O) groups excluding carboxylic acids is 1. The lowest BCUT2D eigenvalue weighted by Crippen LogP contribution is -2.46. The topological polar surface area (TPSA) is 69.7 Å². The van der Waals surface area contributed by atoms with Gasteiger partial charge in [0, 0.05) is 37.8 Å². The highest BCUT2D eigenvalue weighted by Crippen LogP contribution is 2.28. The number of nitrogens with zero attached hydrogens (tertiary/aromatic N) is 2. The van der Waals surface area contributed by atoms with E-state index >= 15 is 0 Å². The molecule has 0 saturated carbocycles. The fourth-order valence-electron chi connectivity index (χ4n) is 2.69. The molecule has 1 N–H and O–H groups in total. The first-order chi connectivity index (χ1) is 11.0. The molecule has 1 amide bonds. The third-order valence-electron chi connectivity index (χ3n) is 3.92. The average molecular weight is 432 g/mol. The fraction of sp³-hybridized carbons (Fsp3) is 0.615. The van der Waals surface area contributed by atoms with Gasteiger partial charge in [0.2, 0.25) is 5.91 Å². The summed E-state index contributed by atoms with van der Waals surface area (Å²) in [7, 11) is -3.52. The summed E-state index contributed by atoms with van der Waals surface area (Å²) in [6.45, 7) is 1.77. The zero-order valence-corrected chi connectivity index (χ0v) is 16.8. The van der Waals surface area contributed by atoms with Crippen LogP contribution in [0.1, 0.15) is 6.42 Å². The number of hydrogen-bond acceptors (Lipinski definition) is 6. The molecule has 1 aromatic rings. The molecule has 2 fully saturated rings. The Morgan fingerprint density at radius 3 is 2.67 bits per heavy atom. The second-order valence-electron chi connectivity index (χ2n) is 5.41. The molecule has 0 radical (unpaired) electrons. The van der Waals surface area contributed by atoms with Gasteiger partial charge in [0.05, 0.1) is 10.4 Å². The SMILES string of the molecule is Cl.O=C(C1CSCN1)N1CCCN(S(=O)(=O)c2ccc(Cl)s2)CC1. The molecule has 1 aromatic heterocycles. The summed E-state index contributed by atoms with van der Waals surface area (Å²) < 4.78 is 27.5. The van der Waals surface area contributed by atoms with E-state index in [4.69, 9.17) is 11.6 Å². The summed E-state index contributed by atoms with van der Waals surface area (Å²) in [5, 5.41) is 3.17. The molecule has 0 aromatic carbocycles. The fourth-order valence-corrected chi connectivity index (χ4v) is 6.73. The third kappa shape index (κ3) is 4.38. The Kier molecular flexibility index (Phi) is 7.24. The molecule has 24 heavy (non-hydrogen) atoms. The van der Waals surface area contributed by atoms with Gasteiger partial charge in [0.25, 0.3) is 10.0 Å². The molecule has 3 rings (SSSR count). The molecule has 136 valence electrons. The normalized spacial score (nSPS) is 22.9. The van der Waals surface area contributed by atoms with Crippen molar-refractivity contribution in [2.75, 3.05) is 37.8 Å². The number of rotatable bonds is 3. The average Bonchev–Trinajstić information content (AvgIpc) is 3.13. The Hall–Kier alpha value is -0.0300. The maximum absolute atomic E-state index is 12.6. The van der Waals surface area contributed by atoms with Crippen molar-refractivity contribution in [2.45, 2.75) is 16.7 Å². The molecule has 2 aliphatic heterocycles. The standard InChI is InChI=1S/C13H18ClN3O3S3.ClH/c14-11-2-3-12(22-11)23(19,20)17-5-1-4-16(6-7-17)13(18)10-8-21-9-15-10;/h2-3,10,15H,1,4-9H2;1H. The number of amides is 1. The van der Waals surface area contributed by atoms with Crippen molar-refractivity contribution in [3.8, 4) is 0 Å². The van der Waals surface area contributed by atoms with Crippen LogP contribution in [0.3, 0.4) is 0 Å². The van der Waals surface area contributed by atoms with Crippen molar-refractivity contribution >= 4 is 63.0 Å². The predicted octanol–water partition coefficient (Wildman–Crippen LogP) is 1.71. The molecular formula is C13H19Cl2N3O3S3. The molecule has 2 aliphatic rings. The van der Waals surface area contributed by atoms with Crippen molar-refractivity contribution in [1.82, 2.24) is 14.5 Å². The minimum atomic E-state index is -3.52. The first-order valence-corrected chi connectivity index (χ1v) is 11.1. The summed E-state index contributed by atoms with van der Waals surface area (Å²) >= 11 is 8.62. The zero-order valence-electron chi connectivity index (χ0n) is 12.8. The summed E-state index contributed by atoms with van der Waals surface area (Å²) in [6, 6.07) is 2.99. The van der Waals surface area contributed by atoms with Crippen LogP contribution in [0.15, 0.2) is 16.3 Å². The minimum Gasteiger partial charge on any atom is -0.340 e. The van der Waals surface area contributed by atoms with Gasteiger partial charge in [0.15, 0.2) is 0 Å². The van der Waals surface area contributed by atoms with E-state index in [0.29, 0.717) is 36.9 Å². The Morgan fingerprint density at radius 1 is 1.25 bits per heavy atom. The quantitative estimate of drug-likeness (QED) is 0.788. The molecular weight excluding hydrogens is 413 g/mol. The molecule has 0 aliphatic carbocycles. The summed E-state index contributed by atoms with van der Waals surface area (Å²) in [5.41, 5.74) is 0. The highest BCUT2D eigenvalue weighted by Gasteiger charge is 2.32. The number of thiophene rings is 1. The van der Waals surface area contributed by atoms with Crippen molar-refractivity contribution in [3.63, 3.8) is 0 Å². The van der Waals surface area contributed by atoms with Crippen LogP contribution in [-0.4, -0.2) is 67.4 Å². The maximum Gasteiger partial charge on any atom is 0.252 e. The summed E-state index contributed by atoms with van der Waals surface area (Å²) in [6.07, 6.45) is 0.643. The van der Waals surface area contributed by atoms with Gasteiger partial charge in [-0.1, -0.05) is 11.6 Å². The largest absolute Gasteiger partial charge is 0.340 e. The predicted molar refractivity (Wildman–Crippen MR) is 101 cm³/mol. The first kappa shape index (κ1) is 20.3. The van der Waals surface area contributed by atoms with E-state index in [1.165, 1.54) is 10.4 Å². The second-order valence-corrected chi connectivity index (χ2v) is 10.3. The molecule has 1 atom stereocenters. The number of carbonyl (C=O) groups is 1. The Balaban J connectivity index is 0.00000208. The van der Waals surface area contributed by atoms with Crippen LogP contribution in [0.25, 0.3) is 0 Å². The Morgan fingerprint density at radius 2 is 2.04 bits per heavy atom. The van der Waals surface area contributed by atoms with Gasteiger partial charge in [0.1, 0.15) is 4.21 Å². The van der Waals surface area contributed by atoms with Crippen molar-refractivity contribution < 1.29 is 13.2 Å². The molecule has 1 unspecified atom stereocenters. The van der Waals surface area contributed by atoms with Gasteiger partial charge < -0.3 is 4.90 Å². The first-order valence-electron chi connectivity index (χ1n) is 7.34. The molecule has 3 heterocycles. The lowest BCUT2D eigenvalue weighted by Gasteiger charge is -2.24. The van der Waals surface area contributed by atoms with E-state index in [2.05, 4.69) is 5.32 Å². The van der Waals surface area contributed by atoms with E-state index in [9.17, 15) is 13.2 Å². The van der Waals surface area contributed by atoms with Gasteiger partial charge in [-0.25, -0.2) is 8.42 Å². The molecule has 0 bridgehead atoms. The lowest BCUT2D eigenvalue weighted by molar-refractivity contribution is -0.132. The molecule has 11 heteroatoms. The van der Waals surface area contributed by atoms with Crippen LogP contribution in [0.4, 0.5) is 0 Å². The highest BCUT2D eigenvalue weighted by molar-refractivity contribution is 7.99. The molecule has 2 saturated heterocycles. The third-order valence-corrected chi connectivity index (χ3v) is 8.46. The second kappa shape index (κ2) is 8.57. The lowest BCUT2D eigenvalue weighted by atomic mass is 10.2. The monoisotopic (exact) mass is 431 g/mol. The van der Waals surface area contributed by atoms with E-state index in [-0.39, 0.29) is 28.6 Å². The van der Waals surface area contributed by atoms with Crippen LogP contribution in [0.5, 0.6) is 0 Å². The van der Waals surface area contributed by atoms with Gasteiger partial charge >= 0.3 is 0 Å². The highest BCUT2D eigenvalue weighted by atomic mass is 35.5. The Labute approximate surface area is 161 Å². The van der Waals surface area contributed by atoms with Gasteiger partial charge in [-0.2, -0.15) is 4.31 Å². The van der Waals surface area contributed by atoms with Crippen LogP contribution in [-0.2, 0) is 14.8 Å². The van der Waals surface area contributed by atoms with Crippen molar-refractivity contribution in [3.05, 3.63) is 16.5 Å². The number of nitrogens with one attached hydrogen (secondary N) is 1. The van der Waals surface area contributed by atoms with Crippen molar-refractivity contribution in [2.24, 2.45) is 0 Å². The van der Waals surface area contributed by atoms with Crippen LogP contribution >= 0.6 is 47.1 Å². The van der Waals surface area contributed by atoms with Crippen LogP contribution in [0, 0.1) is 0 Å². The van der Waals surface area contributed by atoms with E-state index in [1.807, 2.05) is 0 Å². The number of hydrogen-bond donors (Lipinski definition) is 1. The smallest absolute Gasteiger partial charge is 0.252 e. The summed E-state index contributed by atoms with van der Waals surface area (Å²) in [5.74, 6) is 1.66.